The van der Waals surface area contributed by atoms with Crippen LogP contribution in [0.15, 0.2) is 29.0 Å². The Morgan fingerprint density at radius 3 is 2.56 bits per heavy atom. The number of amides is 1. The largest absolute Gasteiger partial charge is 0.353 e. The quantitative estimate of drug-likeness (QED) is 0.764. The number of rotatable bonds is 5. The van der Waals surface area contributed by atoms with Crippen molar-refractivity contribution in [1.29, 1.82) is 0 Å². The van der Waals surface area contributed by atoms with E-state index in [1.54, 1.807) is 6.33 Å². The Morgan fingerprint density at radius 1 is 1.16 bits per heavy atom. The molecule has 0 atom stereocenters. The molecule has 1 aliphatic heterocycles. The summed E-state index contributed by atoms with van der Waals surface area (Å²) in [4.78, 5) is 27.6. The van der Waals surface area contributed by atoms with Gasteiger partial charge in [0.15, 0.2) is 0 Å². The summed E-state index contributed by atoms with van der Waals surface area (Å²) in [5, 5.41) is 1.06. The first-order chi connectivity index (χ1) is 12.1. The highest BCUT2D eigenvalue weighted by atomic mass is 79.9. The van der Waals surface area contributed by atoms with Gasteiger partial charge in [-0.05, 0) is 32.0 Å². The van der Waals surface area contributed by atoms with E-state index in [2.05, 4.69) is 41.8 Å². The Kier molecular flexibility index (Phi) is 5.86. The monoisotopic (exact) mass is 405 g/mol. The fourth-order valence-corrected chi connectivity index (χ4v) is 3.61. The van der Waals surface area contributed by atoms with Crippen LogP contribution in [0, 0.1) is 0 Å². The second-order valence-electron chi connectivity index (χ2n) is 6.19. The lowest BCUT2D eigenvalue weighted by atomic mass is 10.2. The first-order valence-corrected chi connectivity index (χ1v) is 9.57. The number of nitrogens with zero attached hydrogens (tertiary/aromatic N) is 5. The molecule has 2 aromatic rings. The second-order valence-corrected chi connectivity index (χ2v) is 7.10. The van der Waals surface area contributed by atoms with Gasteiger partial charge in [-0.1, -0.05) is 15.9 Å². The minimum atomic E-state index is 0.217. The Labute approximate surface area is 157 Å². The summed E-state index contributed by atoms with van der Waals surface area (Å²) < 4.78 is 1.03. The van der Waals surface area contributed by atoms with Crippen LogP contribution in [0.2, 0.25) is 0 Å². The summed E-state index contributed by atoms with van der Waals surface area (Å²) in [6.45, 7) is 9.57. The molecule has 1 aromatic heterocycles. The molecule has 0 unspecified atom stereocenters. The summed E-state index contributed by atoms with van der Waals surface area (Å²) in [6.07, 6.45) is 1.63. The van der Waals surface area contributed by atoms with E-state index in [9.17, 15) is 4.79 Å². The van der Waals surface area contributed by atoms with Crippen molar-refractivity contribution in [3.63, 3.8) is 0 Å². The van der Waals surface area contributed by atoms with Crippen molar-refractivity contribution in [2.45, 2.75) is 13.8 Å². The maximum absolute atomic E-state index is 12.3. The molecule has 25 heavy (non-hydrogen) atoms. The Hall–Kier alpha value is -1.73. The molecule has 0 saturated carbocycles. The van der Waals surface area contributed by atoms with E-state index in [1.807, 2.05) is 30.9 Å². The fourth-order valence-electron chi connectivity index (χ4n) is 3.25. The van der Waals surface area contributed by atoms with Gasteiger partial charge in [0.1, 0.15) is 12.1 Å². The number of carbonyl (C=O) groups is 1. The Bertz CT molecular complexity index is 741. The van der Waals surface area contributed by atoms with E-state index in [4.69, 9.17) is 0 Å². The van der Waals surface area contributed by atoms with Gasteiger partial charge in [-0.15, -0.1) is 0 Å². The Morgan fingerprint density at radius 2 is 1.88 bits per heavy atom. The van der Waals surface area contributed by atoms with E-state index in [0.717, 1.165) is 60.5 Å². The van der Waals surface area contributed by atoms with Gasteiger partial charge in [0.05, 0.1) is 12.1 Å². The third kappa shape index (κ3) is 4.10. The maximum Gasteiger partial charge on any atom is 0.236 e. The lowest BCUT2D eigenvalue weighted by Gasteiger charge is -2.36. The van der Waals surface area contributed by atoms with Crippen molar-refractivity contribution < 1.29 is 4.79 Å². The van der Waals surface area contributed by atoms with Crippen LogP contribution in [0.3, 0.4) is 0 Å². The minimum absolute atomic E-state index is 0.217. The van der Waals surface area contributed by atoms with Crippen LogP contribution in [0.4, 0.5) is 5.82 Å². The van der Waals surface area contributed by atoms with Crippen molar-refractivity contribution in [3.05, 3.63) is 29.0 Å². The number of hydrogen-bond donors (Lipinski definition) is 0. The third-order valence-electron chi connectivity index (χ3n) is 4.72. The molecule has 6 nitrogen and oxygen atoms in total. The van der Waals surface area contributed by atoms with Gasteiger partial charge < -0.3 is 9.80 Å². The van der Waals surface area contributed by atoms with E-state index < -0.39 is 0 Å². The van der Waals surface area contributed by atoms with Gasteiger partial charge in [-0.2, -0.15) is 0 Å². The average molecular weight is 406 g/mol. The van der Waals surface area contributed by atoms with Crippen LogP contribution in [0.25, 0.3) is 10.9 Å². The number of carbonyl (C=O) groups excluding carboxylic acids is 1. The van der Waals surface area contributed by atoms with Crippen LogP contribution in [-0.4, -0.2) is 71.5 Å². The first kappa shape index (κ1) is 18.1. The van der Waals surface area contributed by atoms with E-state index in [1.165, 1.54) is 0 Å². The lowest BCUT2D eigenvalue weighted by molar-refractivity contribution is -0.132. The normalized spacial score (nSPS) is 15.6. The smallest absolute Gasteiger partial charge is 0.236 e. The van der Waals surface area contributed by atoms with Crippen LogP contribution in [-0.2, 0) is 4.79 Å². The number of aromatic nitrogens is 2. The summed E-state index contributed by atoms with van der Waals surface area (Å²) in [7, 11) is 0. The van der Waals surface area contributed by atoms with Gasteiger partial charge in [-0.25, -0.2) is 9.97 Å². The van der Waals surface area contributed by atoms with Gasteiger partial charge in [0, 0.05) is 49.1 Å². The number of piperazine rings is 1. The standard InChI is InChI=1S/C18H24BrN5O/c1-3-23(4-2)17(25)12-22-7-9-24(10-8-22)18-15-11-14(19)5-6-16(15)20-13-21-18/h5-6,11,13H,3-4,7-10,12H2,1-2H3. The molecule has 1 aromatic carbocycles. The average Bonchev–Trinajstić information content (AvgIpc) is 2.63. The predicted octanol–water partition coefficient (Wildman–Crippen LogP) is 2.38. The molecule has 2 heterocycles. The van der Waals surface area contributed by atoms with Crippen LogP contribution < -0.4 is 4.90 Å². The van der Waals surface area contributed by atoms with Gasteiger partial charge in [0.25, 0.3) is 0 Å². The molecule has 0 aliphatic carbocycles. The molecule has 0 N–H and O–H groups in total. The number of benzene rings is 1. The van der Waals surface area contributed by atoms with Gasteiger partial charge in [0.2, 0.25) is 5.91 Å². The molecular formula is C18H24BrN5O. The van der Waals surface area contributed by atoms with E-state index in [-0.39, 0.29) is 5.91 Å². The zero-order valence-corrected chi connectivity index (χ0v) is 16.4. The van der Waals surface area contributed by atoms with Crippen molar-refractivity contribution in [1.82, 2.24) is 19.8 Å². The SMILES string of the molecule is CCN(CC)C(=O)CN1CCN(c2ncnc3ccc(Br)cc23)CC1. The molecular weight excluding hydrogens is 382 g/mol. The van der Waals surface area contributed by atoms with Crippen LogP contribution in [0.1, 0.15) is 13.8 Å². The lowest BCUT2D eigenvalue weighted by Crippen LogP contribution is -2.50. The highest BCUT2D eigenvalue weighted by Gasteiger charge is 2.22. The first-order valence-electron chi connectivity index (χ1n) is 8.77. The highest BCUT2D eigenvalue weighted by molar-refractivity contribution is 9.10. The van der Waals surface area contributed by atoms with Gasteiger partial charge >= 0.3 is 0 Å². The van der Waals surface area contributed by atoms with E-state index >= 15 is 0 Å². The second kappa shape index (κ2) is 8.10. The Balaban J connectivity index is 1.67. The number of halogens is 1. The van der Waals surface area contributed by atoms with Crippen molar-refractivity contribution >= 4 is 38.6 Å². The molecule has 1 amide bonds. The number of anilines is 1. The number of fused-ring (bicyclic) bond motifs is 1. The molecule has 0 bridgehead atoms. The predicted molar refractivity (Wildman–Crippen MR) is 104 cm³/mol. The summed E-state index contributed by atoms with van der Waals surface area (Å²) >= 11 is 3.53. The zero-order valence-electron chi connectivity index (χ0n) is 14.8. The fraction of sp³-hybridized carbons (Fsp3) is 0.500. The van der Waals surface area contributed by atoms with Crippen LogP contribution >= 0.6 is 15.9 Å². The summed E-state index contributed by atoms with van der Waals surface area (Å²) in [5.74, 6) is 1.19. The van der Waals surface area contributed by atoms with Crippen LogP contribution in [0.5, 0.6) is 0 Å². The molecule has 7 heteroatoms. The molecule has 1 aliphatic rings. The topological polar surface area (TPSA) is 52.6 Å². The number of likely N-dealkylation sites (N-methyl/N-ethyl adjacent to an activating group) is 1. The summed E-state index contributed by atoms with van der Waals surface area (Å²) in [6, 6.07) is 6.07. The molecule has 0 radical (unpaired) electrons. The molecule has 3 rings (SSSR count). The minimum Gasteiger partial charge on any atom is -0.353 e. The molecule has 0 spiro atoms. The molecule has 134 valence electrons. The van der Waals surface area contributed by atoms with Crippen molar-refractivity contribution in [2.24, 2.45) is 0 Å². The number of hydrogen-bond acceptors (Lipinski definition) is 5. The van der Waals surface area contributed by atoms with E-state index in [0.29, 0.717) is 6.54 Å². The van der Waals surface area contributed by atoms with Gasteiger partial charge in [-0.3, -0.25) is 9.69 Å². The molecule has 1 fully saturated rings. The molecule has 1 saturated heterocycles. The maximum atomic E-state index is 12.3. The zero-order chi connectivity index (χ0) is 17.8. The van der Waals surface area contributed by atoms with Crippen molar-refractivity contribution in [3.8, 4) is 0 Å². The third-order valence-corrected chi connectivity index (χ3v) is 5.22. The van der Waals surface area contributed by atoms with Crippen molar-refractivity contribution in [2.75, 3.05) is 50.7 Å². The highest BCUT2D eigenvalue weighted by Crippen LogP contribution is 2.26. The summed E-state index contributed by atoms with van der Waals surface area (Å²) in [5.41, 5.74) is 0.951.